The van der Waals surface area contributed by atoms with Gasteiger partial charge >= 0.3 is 11.9 Å². The second-order valence-electron chi connectivity index (χ2n) is 8.99. The van der Waals surface area contributed by atoms with Gasteiger partial charge in [0.15, 0.2) is 0 Å². The van der Waals surface area contributed by atoms with Crippen molar-refractivity contribution >= 4 is 11.9 Å². The normalized spacial score (nSPS) is 34.6. The number of hydrogen-bond acceptors (Lipinski definition) is 4. The van der Waals surface area contributed by atoms with E-state index < -0.39 is 11.2 Å². The smallest absolute Gasteiger partial charge is 0.310 e. The summed E-state index contributed by atoms with van der Waals surface area (Å²) in [6.07, 6.45) is 1.95. The minimum atomic E-state index is -0.527. The molecule has 0 aromatic rings. The van der Waals surface area contributed by atoms with Gasteiger partial charge in [0.2, 0.25) is 0 Å². The third-order valence-corrected chi connectivity index (χ3v) is 4.69. The minimum Gasteiger partial charge on any atom is -0.460 e. The first-order valence-electron chi connectivity index (χ1n) is 8.35. The number of esters is 2. The van der Waals surface area contributed by atoms with Crippen LogP contribution in [0.25, 0.3) is 0 Å². The molecular formula is C18H30O4. The van der Waals surface area contributed by atoms with E-state index in [9.17, 15) is 9.59 Å². The zero-order valence-corrected chi connectivity index (χ0v) is 14.9. The van der Waals surface area contributed by atoms with Gasteiger partial charge in [-0.1, -0.05) is 6.92 Å². The van der Waals surface area contributed by atoms with Crippen LogP contribution in [0, 0.1) is 29.6 Å². The fourth-order valence-electron chi connectivity index (χ4n) is 4.08. The van der Waals surface area contributed by atoms with Crippen molar-refractivity contribution in [1.82, 2.24) is 0 Å². The topological polar surface area (TPSA) is 52.6 Å². The number of hydrogen-bond donors (Lipinski definition) is 0. The average molecular weight is 310 g/mol. The lowest BCUT2D eigenvalue weighted by atomic mass is 9.74. The third-order valence-electron chi connectivity index (χ3n) is 4.69. The van der Waals surface area contributed by atoms with Crippen LogP contribution in [-0.4, -0.2) is 23.1 Å². The molecule has 5 atom stereocenters. The predicted molar refractivity (Wildman–Crippen MR) is 84.0 cm³/mol. The van der Waals surface area contributed by atoms with Crippen LogP contribution >= 0.6 is 0 Å². The standard InChI is InChI=1S/C18H30O4/c1-10-8-11-9-12(10)14(16(20)22-18(5,6)7)13(11)15(19)21-17(2,3)4/h10-14H,8-9H2,1-7H3. The second-order valence-corrected chi connectivity index (χ2v) is 8.99. The van der Waals surface area contributed by atoms with Gasteiger partial charge in [-0.2, -0.15) is 0 Å². The molecule has 2 bridgehead atoms. The molecule has 4 nitrogen and oxygen atoms in total. The summed E-state index contributed by atoms with van der Waals surface area (Å²) in [5.41, 5.74) is -1.05. The molecule has 0 N–H and O–H groups in total. The lowest BCUT2D eigenvalue weighted by Gasteiger charge is -2.34. The summed E-state index contributed by atoms with van der Waals surface area (Å²) in [6, 6.07) is 0. The summed E-state index contributed by atoms with van der Waals surface area (Å²) in [4.78, 5) is 25.3. The van der Waals surface area contributed by atoms with E-state index in [4.69, 9.17) is 9.47 Å². The van der Waals surface area contributed by atoms with E-state index in [1.54, 1.807) is 0 Å². The zero-order chi connectivity index (χ0) is 16.9. The Hall–Kier alpha value is -1.06. The predicted octanol–water partition coefficient (Wildman–Crippen LogP) is 3.58. The first-order valence-corrected chi connectivity index (χ1v) is 8.35. The van der Waals surface area contributed by atoms with Crippen LogP contribution in [0.15, 0.2) is 0 Å². The van der Waals surface area contributed by atoms with E-state index in [0.717, 1.165) is 12.8 Å². The summed E-state index contributed by atoms with van der Waals surface area (Å²) >= 11 is 0. The highest BCUT2D eigenvalue weighted by atomic mass is 16.6. The van der Waals surface area contributed by atoms with E-state index in [-0.39, 0.29) is 35.6 Å². The molecular weight excluding hydrogens is 280 g/mol. The Labute approximate surface area is 133 Å². The van der Waals surface area contributed by atoms with Crippen molar-refractivity contribution in [3.05, 3.63) is 0 Å². The van der Waals surface area contributed by atoms with Gasteiger partial charge in [-0.25, -0.2) is 0 Å². The van der Waals surface area contributed by atoms with E-state index in [1.165, 1.54) is 0 Å². The number of carbonyl (C=O) groups excluding carboxylic acids is 2. The second kappa shape index (κ2) is 5.54. The Kier molecular flexibility index (Phi) is 4.35. The maximum Gasteiger partial charge on any atom is 0.310 e. The molecule has 0 aliphatic heterocycles. The van der Waals surface area contributed by atoms with Crippen LogP contribution < -0.4 is 0 Å². The van der Waals surface area contributed by atoms with E-state index in [1.807, 2.05) is 41.5 Å². The number of carbonyl (C=O) groups is 2. The van der Waals surface area contributed by atoms with Crippen LogP contribution in [0.4, 0.5) is 0 Å². The summed E-state index contributed by atoms with van der Waals surface area (Å²) in [5, 5.41) is 0. The lowest BCUT2D eigenvalue weighted by Crippen LogP contribution is -2.43. The third kappa shape index (κ3) is 3.64. The molecule has 2 saturated carbocycles. The maximum atomic E-state index is 12.6. The Morgan fingerprint density at radius 3 is 1.73 bits per heavy atom. The average Bonchev–Trinajstić information content (AvgIpc) is 2.79. The molecule has 4 heteroatoms. The van der Waals surface area contributed by atoms with Crippen molar-refractivity contribution in [1.29, 1.82) is 0 Å². The highest BCUT2D eigenvalue weighted by Gasteiger charge is 2.58. The Morgan fingerprint density at radius 2 is 1.27 bits per heavy atom. The molecule has 0 radical (unpaired) electrons. The molecule has 5 unspecified atom stereocenters. The van der Waals surface area contributed by atoms with Crippen LogP contribution in [0.3, 0.4) is 0 Å². The molecule has 126 valence electrons. The molecule has 2 aliphatic carbocycles. The molecule has 0 aromatic heterocycles. The van der Waals surface area contributed by atoms with E-state index in [0.29, 0.717) is 5.92 Å². The van der Waals surface area contributed by atoms with E-state index in [2.05, 4.69) is 6.92 Å². The minimum absolute atomic E-state index is 0.234. The van der Waals surface area contributed by atoms with Crippen molar-refractivity contribution in [2.45, 2.75) is 72.5 Å². The molecule has 0 spiro atoms. The van der Waals surface area contributed by atoms with Crippen LogP contribution in [-0.2, 0) is 19.1 Å². The SMILES string of the molecule is CC1CC2CC1C(C(=O)OC(C)(C)C)C2C(=O)OC(C)(C)C. The van der Waals surface area contributed by atoms with Gasteiger partial charge < -0.3 is 9.47 Å². The van der Waals surface area contributed by atoms with E-state index >= 15 is 0 Å². The lowest BCUT2D eigenvalue weighted by molar-refractivity contribution is -0.176. The van der Waals surface area contributed by atoms with Gasteiger partial charge in [0.05, 0.1) is 11.8 Å². The zero-order valence-electron chi connectivity index (χ0n) is 14.9. The van der Waals surface area contributed by atoms with Crippen LogP contribution in [0.2, 0.25) is 0 Å². The fraction of sp³-hybridized carbons (Fsp3) is 0.889. The van der Waals surface area contributed by atoms with Crippen molar-refractivity contribution in [2.24, 2.45) is 29.6 Å². The molecule has 22 heavy (non-hydrogen) atoms. The molecule has 2 fully saturated rings. The Bertz CT molecular complexity index is 455. The van der Waals surface area contributed by atoms with Crippen LogP contribution in [0.5, 0.6) is 0 Å². The van der Waals surface area contributed by atoms with Gasteiger partial charge in [-0.05, 0) is 72.1 Å². The summed E-state index contributed by atoms with van der Waals surface area (Å²) in [7, 11) is 0. The molecule has 0 aromatic carbocycles. The van der Waals surface area contributed by atoms with Crippen molar-refractivity contribution in [2.75, 3.05) is 0 Å². The van der Waals surface area contributed by atoms with Gasteiger partial charge in [-0.15, -0.1) is 0 Å². The number of fused-ring (bicyclic) bond motifs is 2. The Balaban J connectivity index is 2.20. The molecule has 2 rings (SSSR count). The number of ether oxygens (including phenoxy) is 2. The summed E-state index contributed by atoms with van der Waals surface area (Å²) < 4.78 is 11.2. The highest BCUT2D eigenvalue weighted by Crippen LogP contribution is 2.56. The summed E-state index contributed by atoms with van der Waals surface area (Å²) in [6.45, 7) is 13.4. The van der Waals surface area contributed by atoms with Crippen molar-refractivity contribution in [3.63, 3.8) is 0 Å². The van der Waals surface area contributed by atoms with Crippen molar-refractivity contribution < 1.29 is 19.1 Å². The highest BCUT2D eigenvalue weighted by molar-refractivity contribution is 5.84. The first kappa shape index (κ1) is 17.3. The van der Waals surface area contributed by atoms with Gasteiger partial charge in [0, 0.05) is 0 Å². The quantitative estimate of drug-likeness (QED) is 0.732. The summed E-state index contributed by atoms with van der Waals surface area (Å²) in [5.74, 6) is -0.172. The first-order chi connectivity index (χ1) is 9.89. The monoisotopic (exact) mass is 310 g/mol. The Morgan fingerprint density at radius 1 is 0.818 bits per heavy atom. The van der Waals surface area contributed by atoms with Gasteiger partial charge in [-0.3, -0.25) is 9.59 Å². The number of rotatable bonds is 2. The molecule has 0 heterocycles. The maximum absolute atomic E-state index is 12.6. The fourth-order valence-corrected chi connectivity index (χ4v) is 4.08. The molecule has 0 saturated heterocycles. The van der Waals surface area contributed by atoms with Crippen molar-refractivity contribution in [3.8, 4) is 0 Å². The van der Waals surface area contributed by atoms with Gasteiger partial charge in [0.1, 0.15) is 11.2 Å². The largest absolute Gasteiger partial charge is 0.460 e. The molecule has 0 amide bonds. The van der Waals surface area contributed by atoms with Gasteiger partial charge in [0.25, 0.3) is 0 Å². The molecule has 2 aliphatic rings. The van der Waals surface area contributed by atoms with Crippen LogP contribution in [0.1, 0.15) is 61.3 Å².